The van der Waals surface area contributed by atoms with Crippen molar-refractivity contribution in [2.24, 2.45) is 0 Å². The van der Waals surface area contributed by atoms with E-state index in [-0.39, 0.29) is 0 Å². The van der Waals surface area contributed by atoms with E-state index in [0.29, 0.717) is 32.2 Å². The lowest BCUT2D eigenvalue weighted by Crippen LogP contribution is -2.33. The average molecular weight is 385 g/mol. The molecule has 3 aromatic rings. The number of hydrogen-bond donors (Lipinski definition) is 0. The van der Waals surface area contributed by atoms with Gasteiger partial charge in [-0.2, -0.15) is 14.6 Å². The first-order chi connectivity index (χ1) is 13.8. The molecule has 0 unspecified atom stereocenters. The van der Waals surface area contributed by atoms with Gasteiger partial charge in [0.2, 0.25) is 0 Å². The third kappa shape index (κ3) is 4.76. The number of ether oxygens (including phenoxy) is 3. The first-order valence-electron chi connectivity index (χ1n) is 9.52. The quantitative estimate of drug-likeness (QED) is 0.470. The SMILES string of the molecule is CCOCCN(CCOCC)c1cc(-c2ccc(OC)cc2)nc2ncnn12. The summed E-state index contributed by atoms with van der Waals surface area (Å²) in [7, 11) is 1.65. The van der Waals surface area contributed by atoms with Crippen molar-refractivity contribution in [3.05, 3.63) is 36.7 Å². The van der Waals surface area contributed by atoms with E-state index in [1.807, 2.05) is 44.2 Å². The number of fused-ring (bicyclic) bond motifs is 1. The Morgan fingerprint density at radius 3 is 2.29 bits per heavy atom. The molecule has 2 aromatic heterocycles. The fraction of sp³-hybridized carbons (Fsp3) is 0.450. The van der Waals surface area contributed by atoms with Crippen molar-refractivity contribution in [1.82, 2.24) is 19.6 Å². The molecule has 0 aliphatic heterocycles. The lowest BCUT2D eigenvalue weighted by molar-refractivity contribution is 0.141. The van der Waals surface area contributed by atoms with Crippen LogP contribution in [-0.4, -0.2) is 66.2 Å². The van der Waals surface area contributed by atoms with Crippen LogP contribution in [0.4, 0.5) is 5.82 Å². The second-order valence-electron chi connectivity index (χ2n) is 6.08. The van der Waals surface area contributed by atoms with Crippen molar-refractivity contribution in [3.63, 3.8) is 0 Å². The number of anilines is 1. The summed E-state index contributed by atoms with van der Waals surface area (Å²) in [5, 5.41) is 4.36. The summed E-state index contributed by atoms with van der Waals surface area (Å²) >= 11 is 0. The van der Waals surface area contributed by atoms with Crippen LogP contribution in [0.15, 0.2) is 36.7 Å². The van der Waals surface area contributed by atoms with Gasteiger partial charge >= 0.3 is 0 Å². The van der Waals surface area contributed by atoms with E-state index in [4.69, 9.17) is 14.2 Å². The molecular formula is C20H27N5O3. The minimum atomic E-state index is 0.557. The van der Waals surface area contributed by atoms with Gasteiger partial charge in [-0.15, -0.1) is 0 Å². The number of methoxy groups -OCH3 is 1. The molecule has 150 valence electrons. The Hall–Kier alpha value is -2.71. The second-order valence-corrected chi connectivity index (χ2v) is 6.08. The van der Waals surface area contributed by atoms with E-state index < -0.39 is 0 Å². The van der Waals surface area contributed by atoms with E-state index in [0.717, 1.165) is 35.9 Å². The highest BCUT2D eigenvalue weighted by Crippen LogP contribution is 2.25. The van der Waals surface area contributed by atoms with Gasteiger partial charge in [0.1, 0.15) is 17.9 Å². The summed E-state index contributed by atoms with van der Waals surface area (Å²) < 4.78 is 18.1. The van der Waals surface area contributed by atoms with Crippen LogP contribution in [0.25, 0.3) is 17.0 Å². The zero-order valence-corrected chi connectivity index (χ0v) is 16.7. The summed E-state index contributed by atoms with van der Waals surface area (Å²) in [5.41, 5.74) is 1.82. The number of aromatic nitrogens is 4. The van der Waals surface area contributed by atoms with Crippen molar-refractivity contribution in [3.8, 4) is 17.0 Å². The zero-order chi connectivity index (χ0) is 19.8. The predicted molar refractivity (Wildman–Crippen MR) is 108 cm³/mol. The monoisotopic (exact) mass is 385 g/mol. The van der Waals surface area contributed by atoms with Gasteiger partial charge in [-0.25, -0.2) is 4.98 Å². The van der Waals surface area contributed by atoms with E-state index >= 15 is 0 Å². The molecule has 8 nitrogen and oxygen atoms in total. The maximum Gasteiger partial charge on any atom is 0.254 e. The van der Waals surface area contributed by atoms with Crippen molar-refractivity contribution in [2.75, 3.05) is 51.5 Å². The summed E-state index contributed by atoms with van der Waals surface area (Å²) in [6, 6.07) is 9.85. The van der Waals surface area contributed by atoms with Crippen LogP contribution in [0.5, 0.6) is 5.75 Å². The summed E-state index contributed by atoms with van der Waals surface area (Å²) in [4.78, 5) is 11.2. The average Bonchev–Trinajstić information content (AvgIpc) is 3.21. The van der Waals surface area contributed by atoms with Crippen molar-refractivity contribution >= 4 is 11.6 Å². The maximum absolute atomic E-state index is 5.57. The molecule has 0 fully saturated rings. The zero-order valence-electron chi connectivity index (χ0n) is 16.7. The standard InChI is InChI=1S/C20H27N5O3/c1-4-27-12-10-24(11-13-28-5-2)19-14-18(23-20-21-15-22-25(19)20)16-6-8-17(26-3)9-7-16/h6-9,14-15H,4-5,10-13H2,1-3H3. The molecule has 0 saturated heterocycles. The van der Waals surface area contributed by atoms with Crippen LogP contribution in [0, 0.1) is 0 Å². The summed E-state index contributed by atoms with van der Waals surface area (Å²) in [5.74, 6) is 2.27. The van der Waals surface area contributed by atoms with E-state index in [9.17, 15) is 0 Å². The van der Waals surface area contributed by atoms with Gasteiger partial charge in [-0.3, -0.25) is 0 Å². The maximum atomic E-state index is 5.57. The normalized spacial score (nSPS) is 11.1. The van der Waals surface area contributed by atoms with Crippen molar-refractivity contribution < 1.29 is 14.2 Å². The highest BCUT2D eigenvalue weighted by Gasteiger charge is 2.15. The molecule has 28 heavy (non-hydrogen) atoms. The Balaban J connectivity index is 1.96. The van der Waals surface area contributed by atoms with E-state index in [2.05, 4.69) is 20.0 Å². The minimum Gasteiger partial charge on any atom is -0.497 e. The highest BCUT2D eigenvalue weighted by atomic mass is 16.5. The van der Waals surface area contributed by atoms with Crippen LogP contribution in [0.2, 0.25) is 0 Å². The Bertz CT molecular complexity index is 856. The Morgan fingerprint density at radius 2 is 1.68 bits per heavy atom. The molecule has 0 aliphatic rings. The predicted octanol–water partition coefficient (Wildman–Crippen LogP) is 2.68. The third-order valence-electron chi connectivity index (χ3n) is 4.36. The van der Waals surface area contributed by atoms with Gasteiger partial charge in [0.05, 0.1) is 26.0 Å². The van der Waals surface area contributed by atoms with Crippen molar-refractivity contribution in [1.29, 1.82) is 0 Å². The van der Waals surface area contributed by atoms with Crippen LogP contribution in [0.1, 0.15) is 13.8 Å². The van der Waals surface area contributed by atoms with Gasteiger partial charge in [0.25, 0.3) is 5.78 Å². The van der Waals surface area contributed by atoms with Gasteiger partial charge in [0, 0.05) is 37.9 Å². The lowest BCUT2D eigenvalue weighted by Gasteiger charge is -2.25. The van der Waals surface area contributed by atoms with Gasteiger partial charge in [-0.1, -0.05) is 0 Å². The largest absolute Gasteiger partial charge is 0.497 e. The lowest BCUT2D eigenvalue weighted by atomic mass is 10.1. The fourth-order valence-electron chi connectivity index (χ4n) is 2.91. The van der Waals surface area contributed by atoms with Gasteiger partial charge < -0.3 is 19.1 Å². The second kappa shape index (κ2) is 10.0. The molecule has 0 atom stereocenters. The Labute approximate surface area is 165 Å². The van der Waals surface area contributed by atoms with Crippen LogP contribution in [-0.2, 0) is 9.47 Å². The molecule has 0 bridgehead atoms. The molecule has 0 aliphatic carbocycles. The fourth-order valence-corrected chi connectivity index (χ4v) is 2.91. The van der Waals surface area contributed by atoms with Crippen LogP contribution in [0.3, 0.4) is 0 Å². The highest BCUT2D eigenvalue weighted by molar-refractivity contribution is 5.66. The van der Waals surface area contributed by atoms with Crippen LogP contribution < -0.4 is 9.64 Å². The molecule has 0 spiro atoms. The first kappa shape index (κ1) is 20.0. The minimum absolute atomic E-state index is 0.557. The van der Waals surface area contributed by atoms with E-state index in [1.165, 1.54) is 6.33 Å². The molecule has 1 aromatic carbocycles. The van der Waals surface area contributed by atoms with Crippen molar-refractivity contribution in [2.45, 2.75) is 13.8 Å². The Morgan fingerprint density at radius 1 is 1.00 bits per heavy atom. The molecular weight excluding hydrogens is 358 g/mol. The van der Waals surface area contributed by atoms with E-state index in [1.54, 1.807) is 11.6 Å². The van der Waals surface area contributed by atoms with Gasteiger partial charge in [0.15, 0.2) is 0 Å². The molecule has 3 rings (SSSR count). The molecule has 0 amide bonds. The first-order valence-corrected chi connectivity index (χ1v) is 9.52. The molecule has 0 saturated carbocycles. The number of rotatable bonds is 11. The molecule has 2 heterocycles. The molecule has 0 N–H and O–H groups in total. The molecule has 8 heteroatoms. The molecule has 0 radical (unpaired) electrons. The summed E-state index contributed by atoms with van der Waals surface area (Å²) in [6.45, 7) is 8.06. The number of nitrogens with zero attached hydrogens (tertiary/aromatic N) is 5. The number of benzene rings is 1. The summed E-state index contributed by atoms with van der Waals surface area (Å²) in [6.07, 6.45) is 1.52. The van der Waals surface area contributed by atoms with Crippen LogP contribution >= 0.6 is 0 Å². The van der Waals surface area contributed by atoms with Gasteiger partial charge in [-0.05, 0) is 38.1 Å². The number of hydrogen-bond acceptors (Lipinski definition) is 7. The Kier molecular flexibility index (Phi) is 7.16. The third-order valence-corrected chi connectivity index (χ3v) is 4.36. The smallest absolute Gasteiger partial charge is 0.254 e. The topological polar surface area (TPSA) is 74.0 Å².